The van der Waals surface area contributed by atoms with Gasteiger partial charge in [0.2, 0.25) is 0 Å². The van der Waals surface area contributed by atoms with E-state index in [1.807, 2.05) is 5.10 Å². The first-order valence-corrected chi connectivity index (χ1v) is 4.50. The average molecular weight is 240 g/mol. The van der Waals surface area contributed by atoms with Gasteiger partial charge in [-0.2, -0.15) is 0 Å². The Hall–Kier alpha value is -2.44. The van der Waals surface area contributed by atoms with Gasteiger partial charge in [-0.3, -0.25) is 15.0 Å². The zero-order valence-corrected chi connectivity index (χ0v) is 8.25. The minimum absolute atomic E-state index is 0.398. The summed E-state index contributed by atoms with van der Waals surface area (Å²) in [5, 5.41) is 12.9. The first-order chi connectivity index (χ1) is 8.00. The van der Waals surface area contributed by atoms with E-state index in [1.165, 1.54) is 0 Å². The van der Waals surface area contributed by atoms with Crippen LogP contribution in [0.4, 0.5) is 8.78 Å². The predicted octanol–water partition coefficient (Wildman–Crippen LogP) is 1.35. The van der Waals surface area contributed by atoms with Gasteiger partial charge in [0.1, 0.15) is 11.6 Å². The zero-order chi connectivity index (χ0) is 12.6. The molecule has 1 heterocycles. The number of aromatic carboxylic acids is 1. The van der Waals surface area contributed by atoms with Crippen molar-refractivity contribution in [1.82, 2.24) is 10.2 Å². The third kappa shape index (κ3) is 1.82. The number of carboxylic acid groups (broad SMARTS) is 1. The maximum absolute atomic E-state index is 13.4. The van der Waals surface area contributed by atoms with Gasteiger partial charge in [0.15, 0.2) is 5.69 Å². The average Bonchev–Trinajstić information content (AvgIpc) is 2.64. The van der Waals surface area contributed by atoms with Gasteiger partial charge in [0, 0.05) is 5.56 Å². The monoisotopic (exact) mass is 240 g/mol. The van der Waals surface area contributed by atoms with Crippen LogP contribution in [0.3, 0.4) is 0 Å². The van der Waals surface area contributed by atoms with Crippen LogP contribution in [0, 0.1) is 11.6 Å². The van der Waals surface area contributed by atoms with Crippen molar-refractivity contribution in [3.63, 3.8) is 0 Å². The van der Waals surface area contributed by atoms with Crippen molar-refractivity contribution < 1.29 is 18.7 Å². The molecule has 3 N–H and O–H groups in total. The summed E-state index contributed by atoms with van der Waals surface area (Å²) in [4.78, 5) is 22.2. The van der Waals surface area contributed by atoms with Crippen LogP contribution in [0.1, 0.15) is 10.5 Å². The number of aromatic nitrogens is 2. The third-order valence-electron chi connectivity index (χ3n) is 2.19. The number of hydrogen-bond donors (Lipinski definition) is 3. The summed E-state index contributed by atoms with van der Waals surface area (Å²) in [6.07, 6.45) is 0. The second kappa shape index (κ2) is 3.85. The third-order valence-corrected chi connectivity index (χ3v) is 2.19. The van der Waals surface area contributed by atoms with Gasteiger partial charge in [0.05, 0.1) is 5.56 Å². The molecule has 2 rings (SSSR count). The fourth-order valence-corrected chi connectivity index (χ4v) is 1.46. The molecule has 0 radical (unpaired) electrons. The van der Waals surface area contributed by atoms with Crippen LogP contribution in [-0.2, 0) is 0 Å². The summed E-state index contributed by atoms with van der Waals surface area (Å²) in [6.45, 7) is 0. The van der Waals surface area contributed by atoms with E-state index in [4.69, 9.17) is 5.11 Å². The maximum Gasteiger partial charge on any atom is 0.354 e. The first-order valence-electron chi connectivity index (χ1n) is 4.50. The topological polar surface area (TPSA) is 85.9 Å². The van der Waals surface area contributed by atoms with Gasteiger partial charge in [-0.05, 0) is 18.2 Å². The fraction of sp³-hybridized carbons (Fsp3) is 0. The van der Waals surface area contributed by atoms with Crippen LogP contribution in [0.15, 0.2) is 23.0 Å². The number of nitrogens with one attached hydrogen (secondary N) is 2. The lowest BCUT2D eigenvalue weighted by atomic mass is 10.1. The summed E-state index contributed by atoms with van der Waals surface area (Å²) >= 11 is 0. The number of carboxylic acids is 1. The lowest BCUT2D eigenvalue weighted by molar-refractivity contribution is 0.0691. The number of halogens is 2. The molecular weight excluding hydrogens is 234 g/mol. The number of hydrogen-bond acceptors (Lipinski definition) is 2. The lowest BCUT2D eigenvalue weighted by Gasteiger charge is -2.01. The van der Waals surface area contributed by atoms with Crippen LogP contribution in [-0.4, -0.2) is 21.3 Å². The van der Waals surface area contributed by atoms with Crippen molar-refractivity contribution >= 4 is 5.97 Å². The maximum atomic E-state index is 13.4. The van der Waals surface area contributed by atoms with Gasteiger partial charge in [0.25, 0.3) is 5.56 Å². The Bertz CT molecular complexity index is 645. The standard InChI is InChI=1S/C10H6F2N2O3/c11-4-1-2-6(12)5(3-4)7-8(10(16)17)13-14-9(7)15/h1-3H,(H,16,17)(H2,13,14,15). The molecule has 7 heteroatoms. The van der Waals surface area contributed by atoms with Crippen molar-refractivity contribution in [2.75, 3.05) is 0 Å². The van der Waals surface area contributed by atoms with Gasteiger partial charge >= 0.3 is 5.97 Å². The van der Waals surface area contributed by atoms with Crippen LogP contribution >= 0.6 is 0 Å². The molecule has 5 nitrogen and oxygen atoms in total. The molecule has 0 aliphatic heterocycles. The van der Waals surface area contributed by atoms with E-state index in [2.05, 4.69) is 5.10 Å². The SMILES string of the molecule is O=C(O)c1[nH][nH]c(=O)c1-c1cc(F)ccc1F. The Morgan fingerprint density at radius 1 is 1.24 bits per heavy atom. The van der Waals surface area contributed by atoms with Gasteiger partial charge in [-0.25, -0.2) is 13.6 Å². The van der Waals surface area contributed by atoms with E-state index < -0.39 is 40.0 Å². The molecule has 0 amide bonds. The Labute approximate surface area is 92.7 Å². The molecule has 1 aromatic carbocycles. The molecule has 0 unspecified atom stereocenters. The molecule has 17 heavy (non-hydrogen) atoms. The molecular formula is C10H6F2N2O3. The van der Waals surface area contributed by atoms with Gasteiger partial charge in [-0.15, -0.1) is 0 Å². The van der Waals surface area contributed by atoms with E-state index >= 15 is 0 Å². The highest BCUT2D eigenvalue weighted by molar-refractivity contribution is 5.93. The first kappa shape index (κ1) is 11.1. The lowest BCUT2D eigenvalue weighted by Crippen LogP contribution is -2.06. The Morgan fingerprint density at radius 2 is 1.94 bits per heavy atom. The number of H-pyrrole nitrogens is 2. The highest BCUT2D eigenvalue weighted by Crippen LogP contribution is 2.23. The van der Waals surface area contributed by atoms with Gasteiger partial charge < -0.3 is 5.11 Å². The zero-order valence-electron chi connectivity index (χ0n) is 8.25. The largest absolute Gasteiger partial charge is 0.477 e. The quantitative estimate of drug-likeness (QED) is 0.740. The van der Waals surface area contributed by atoms with Crippen LogP contribution in [0.2, 0.25) is 0 Å². The summed E-state index contributed by atoms with van der Waals surface area (Å²) in [6, 6.07) is 2.46. The minimum atomic E-state index is -1.44. The highest BCUT2D eigenvalue weighted by Gasteiger charge is 2.20. The van der Waals surface area contributed by atoms with Gasteiger partial charge in [-0.1, -0.05) is 0 Å². The molecule has 0 saturated heterocycles. The molecule has 1 aromatic heterocycles. The van der Waals surface area contributed by atoms with E-state index in [0.29, 0.717) is 0 Å². The highest BCUT2D eigenvalue weighted by atomic mass is 19.1. The van der Waals surface area contributed by atoms with Crippen molar-refractivity contribution in [2.45, 2.75) is 0 Å². The molecule has 0 saturated carbocycles. The molecule has 0 aliphatic rings. The summed E-state index contributed by atoms with van der Waals surface area (Å²) in [7, 11) is 0. The summed E-state index contributed by atoms with van der Waals surface area (Å²) in [5.74, 6) is -3.08. The predicted molar refractivity (Wildman–Crippen MR) is 53.7 cm³/mol. The molecule has 0 aliphatic carbocycles. The Morgan fingerprint density at radius 3 is 2.59 bits per heavy atom. The van der Waals surface area contributed by atoms with Crippen molar-refractivity contribution in [1.29, 1.82) is 0 Å². The Balaban J connectivity index is 2.76. The van der Waals surface area contributed by atoms with Crippen LogP contribution in [0.25, 0.3) is 11.1 Å². The van der Waals surface area contributed by atoms with Crippen LogP contribution in [0.5, 0.6) is 0 Å². The molecule has 0 spiro atoms. The number of carbonyl (C=O) groups is 1. The number of rotatable bonds is 2. The van der Waals surface area contributed by atoms with E-state index in [0.717, 1.165) is 18.2 Å². The van der Waals surface area contributed by atoms with Crippen LogP contribution < -0.4 is 5.56 Å². The van der Waals surface area contributed by atoms with E-state index in [9.17, 15) is 18.4 Å². The molecule has 0 fully saturated rings. The molecule has 0 bridgehead atoms. The molecule has 88 valence electrons. The summed E-state index contributed by atoms with van der Waals surface area (Å²) < 4.78 is 26.4. The van der Waals surface area contributed by atoms with Crippen molar-refractivity contribution in [3.8, 4) is 11.1 Å². The summed E-state index contributed by atoms with van der Waals surface area (Å²) in [5.41, 5.74) is -2.18. The van der Waals surface area contributed by atoms with E-state index in [-0.39, 0.29) is 0 Å². The Kier molecular flexibility index (Phi) is 2.51. The smallest absolute Gasteiger partial charge is 0.354 e. The second-order valence-electron chi connectivity index (χ2n) is 3.26. The molecule has 0 atom stereocenters. The second-order valence-corrected chi connectivity index (χ2v) is 3.26. The van der Waals surface area contributed by atoms with Crippen molar-refractivity contribution in [2.24, 2.45) is 0 Å². The minimum Gasteiger partial charge on any atom is -0.477 e. The molecule has 2 aromatic rings. The van der Waals surface area contributed by atoms with Crippen molar-refractivity contribution in [3.05, 3.63) is 45.9 Å². The normalized spacial score (nSPS) is 10.5. The number of aromatic amines is 2. The van der Waals surface area contributed by atoms with E-state index in [1.54, 1.807) is 0 Å². The number of benzene rings is 1. The fourth-order valence-electron chi connectivity index (χ4n) is 1.46.